The molecule has 0 radical (unpaired) electrons. The van der Waals surface area contributed by atoms with Crippen LogP contribution in [-0.4, -0.2) is 26.7 Å². The Labute approximate surface area is 115 Å². The van der Waals surface area contributed by atoms with Crippen molar-refractivity contribution in [2.75, 3.05) is 26.1 Å². The molecule has 0 saturated heterocycles. The molecule has 0 atom stereocenters. The van der Waals surface area contributed by atoms with E-state index in [1.807, 2.05) is 12.1 Å². The topological polar surface area (TPSA) is 47.6 Å². The van der Waals surface area contributed by atoms with Gasteiger partial charge < -0.3 is 14.8 Å². The fraction of sp³-hybridized carbons (Fsp3) is 0.533. The van der Waals surface area contributed by atoms with Crippen LogP contribution in [0.15, 0.2) is 18.2 Å². The van der Waals surface area contributed by atoms with Gasteiger partial charge >= 0.3 is 5.97 Å². The molecular weight excluding hydrogens is 242 g/mol. The molecule has 4 nitrogen and oxygen atoms in total. The predicted molar refractivity (Wildman–Crippen MR) is 76.8 cm³/mol. The Balaban J connectivity index is 2.56. The largest absolute Gasteiger partial charge is 0.495 e. The molecule has 19 heavy (non-hydrogen) atoms. The summed E-state index contributed by atoms with van der Waals surface area (Å²) in [5.41, 5.74) is 2.20. The smallest absolute Gasteiger partial charge is 0.305 e. The second kappa shape index (κ2) is 7.67. The molecule has 0 aliphatic rings. The van der Waals surface area contributed by atoms with Crippen LogP contribution >= 0.6 is 0 Å². The number of nitrogens with one attached hydrogen (secondary N) is 1. The van der Waals surface area contributed by atoms with Gasteiger partial charge in [0.05, 0.1) is 19.9 Å². The summed E-state index contributed by atoms with van der Waals surface area (Å²) in [6.45, 7) is 5.02. The van der Waals surface area contributed by atoms with E-state index in [-0.39, 0.29) is 5.97 Å². The van der Waals surface area contributed by atoms with Gasteiger partial charge in [-0.15, -0.1) is 0 Å². The monoisotopic (exact) mass is 265 g/mol. The maximum Gasteiger partial charge on any atom is 0.305 e. The normalized spacial score (nSPS) is 10.4. The zero-order chi connectivity index (χ0) is 14.3. The van der Waals surface area contributed by atoms with Crippen LogP contribution in [0.25, 0.3) is 0 Å². The maximum atomic E-state index is 11.0. The Kier molecular flexibility index (Phi) is 6.19. The van der Waals surface area contributed by atoms with Gasteiger partial charge in [-0.25, -0.2) is 0 Å². The van der Waals surface area contributed by atoms with E-state index in [0.717, 1.165) is 17.9 Å². The zero-order valence-corrected chi connectivity index (χ0v) is 12.2. The Morgan fingerprint density at radius 3 is 2.63 bits per heavy atom. The van der Waals surface area contributed by atoms with Gasteiger partial charge in [-0.3, -0.25) is 4.79 Å². The van der Waals surface area contributed by atoms with Crippen LogP contribution in [0, 0.1) is 0 Å². The first-order valence-corrected chi connectivity index (χ1v) is 6.57. The van der Waals surface area contributed by atoms with Crippen LogP contribution in [0.3, 0.4) is 0 Å². The molecule has 0 aliphatic heterocycles. The lowest BCUT2D eigenvalue weighted by atomic mass is 10.0. The Morgan fingerprint density at radius 2 is 2.05 bits per heavy atom. The molecule has 0 bridgehead atoms. The van der Waals surface area contributed by atoms with E-state index in [9.17, 15) is 4.79 Å². The molecule has 0 fully saturated rings. The summed E-state index contributed by atoms with van der Waals surface area (Å²) >= 11 is 0. The molecule has 0 amide bonds. The molecule has 1 rings (SSSR count). The summed E-state index contributed by atoms with van der Waals surface area (Å²) in [5, 5.41) is 3.28. The highest BCUT2D eigenvalue weighted by atomic mass is 16.5. The fourth-order valence-electron chi connectivity index (χ4n) is 1.77. The van der Waals surface area contributed by atoms with Crippen molar-refractivity contribution in [2.24, 2.45) is 0 Å². The zero-order valence-electron chi connectivity index (χ0n) is 12.2. The Hall–Kier alpha value is -1.71. The quantitative estimate of drug-likeness (QED) is 0.607. The molecule has 0 heterocycles. The van der Waals surface area contributed by atoms with Gasteiger partial charge in [0, 0.05) is 13.0 Å². The van der Waals surface area contributed by atoms with Crippen molar-refractivity contribution in [1.29, 1.82) is 0 Å². The minimum Gasteiger partial charge on any atom is -0.495 e. The first-order valence-electron chi connectivity index (χ1n) is 6.57. The number of anilines is 1. The molecule has 0 unspecified atom stereocenters. The number of hydrogen-bond acceptors (Lipinski definition) is 4. The number of carbonyl (C=O) groups excluding carboxylic acids is 1. The van der Waals surface area contributed by atoms with Gasteiger partial charge in [0.25, 0.3) is 0 Å². The van der Waals surface area contributed by atoms with Crippen molar-refractivity contribution < 1.29 is 14.3 Å². The van der Waals surface area contributed by atoms with Crippen LogP contribution in [0.2, 0.25) is 0 Å². The third kappa shape index (κ3) is 4.81. The maximum absolute atomic E-state index is 11.0. The molecule has 4 heteroatoms. The summed E-state index contributed by atoms with van der Waals surface area (Å²) in [7, 11) is 3.07. The SMILES string of the molecule is COC(=O)CCCNc1ccc(C(C)C)cc1OC. The van der Waals surface area contributed by atoms with Crippen LogP contribution in [0.4, 0.5) is 5.69 Å². The van der Waals surface area contributed by atoms with E-state index >= 15 is 0 Å². The highest BCUT2D eigenvalue weighted by molar-refractivity contribution is 5.69. The van der Waals surface area contributed by atoms with Gasteiger partial charge in [-0.2, -0.15) is 0 Å². The third-order valence-electron chi connectivity index (χ3n) is 2.99. The van der Waals surface area contributed by atoms with E-state index in [4.69, 9.17) is 4.74 Å². The number of hydrogen-bond donors (Lipinski definition) is 1. The van der Waals surface area contributed by atoms with Crippen LogP contribution in [0.5, 0.6) is 5.75 Å². The summed E-state index contributed by atoms with van der Waals surface area (Å²) < 4.78 is 9.98. The lowest BCUT2D eigenvalue weighted by Crippen LogP contribution is -2.07. The average Bonchev–Trinajstić information content (AvgIpc) is 2.42. The van der Waals surface area contributed by atoms with E-state index in [1.165, 1.54) is 12.7 Å². The van der Waals surface area contributed by atoms with Crippen molar-refractivity contribution in [3.63, 3.8) is 0 Å². The van der Waals surface area contributed by atoms with Crippen molar-refractivity contribution in [2.45, 2.75) is 32.6 Å². The molecule has 1 aromatic carbocycles. The van der Waals surface area contributed by atoms with E-state index in [2.05, 4.69) is 30.0 Å². The summed E-state index contributed by atoms with van der Waals surface area (Å²) in [6, 6.07) is 6.16. The van der Waals surface area contributed by atoms with Crippen molar-refractivity contribution in [3.8, 4) is 5.75 Å². The van der Waals surface area contributed by atoms with Gasteiger partial charge in [0.2, 0.25) is 0 Å². The molecule has 1 N–H and O–H groups in total. The molecule has 1 aromatic rings. The predicted octanol–water partition coefficient (Wildman–Crippen LogP) is 3.18. The average molecular weight is 265 g/mol. The Morgan fingerprint density at radius 1 is 1.32 bits per heavy atom. The standard InChI is InChI=1S/C15H23NO3/c1-11(2)12-7-8-13(14(10-12)18-3)16-9-5-6-15(17)19-4/h7-8,10-11,16H,5-6,9H2,1-4H3. The van der Waals surface area contributed by atoms with E-state index < -0.39 is 0 Å². The minimum atomic E-state index is -0.177. The molecule has 106 valence electrons. The van der Waals surface area contributed by atoms with E-state index in [0.29, 0.717) is 18.9 Å². The first kappa shape index (κ1) is 15.3. The molecule has 0 spiro atoms. The van der Waals surface area contributed by atoms with Gasteiger partial charge in [0.1, 0.15) is 5.75 Å². The number of esters is 1. The fourth-order valence-corrected chi connectivity index (χ4v) is 1.77. The molecular formula is C15H23NO3. The van der Waals surface area contributed by atoms with Crippen LogP contribution in [-0.2, 0) is 9.53 Å². The summed E-state index contributed by atoms with van der Waals surface area (Å²) in [4.78, 5) is 11.0. The van der Waals surface area contributed by atoms with Crippen LogP contribution < -0.4 is 10.1 Å². The van der Waals surface area contributed by atoms with Gasteiger partial charge in [-0.05, 0) is 30.0 Å². The van der Waals surface area contributed by atoms with Crippen molar-refractivity contribution in [3.05, 3.63) is 23.8 Å². The summed E-state index contributed by atoms with van der Waals surface area (Å²) in [6.07, 6.45) is 1.16. The molecule has 0 aromatic heterocycles. The number of rotatable bonds is 7. The summed E-state index contributed by atoms with van der Waals surface area (Å²) in [5.74, 6) is 1.13. The highest BCUT2D eigenvalue weighted by Gasteiger charge is 2.07. The number of methoxy groups -OCH3 is 2. The number of carbonyl (C=O) groups is 1. The van der Waals surface area contributed by atoms with Crippen molar-refractivity contribution >= 4 is 11.7 Å². The van der Waals surface area contributed by atoms with E-state index in [1.54, 1.807) is 7.11 Å². The lowest BCUT2D eigenvalue weighted by molar-refractivity contribution is -0.140. The van der Waals surface area contributed by atoms with Crippen LogP contribution in [0.1, 0.15) is 38.2 Å². The molecule has 0 saturated carbocycles. The number of benzene rings is 1. The lowest BCUT2D eigenvalue weighted by Gasteiger charge is -2.14. The van der Waals surface area contributed by atoms with Gasteiger partial charge in [0.15, 0.2) is 0 Å². The van der Waals surface area contributed by atoms with Crippen molar-refractivity contribution in [1.82, 2.24) is 0 Å². The minimum absolute atomic E-state index is 0.177. The second-order valence-corrected chi connectivity index (χ2v) is 4.72. The third-order valence-corrected chi connectivity index (χ3v) is 2.99. The first-order chi connectivity index (χ1) is 9.08. The number of ether oxygens (including phenoxy) is 2. The Bertz CT molecular complexity index is 416. The van der Waals surface area contributed by atoms with Gasteiger partial charge in [-0.1, -0.05) is 19.9 Å². The molecule has 0 aliphatic carbocycles. The highest BCUT2D eigenvalue weighted by Crippen LogP contribution is 2.28. The second-order valence-electron chi connectivity index (χ2n) is 4.72.